The highest BCUT2D eigenvalue weighted by Gasteiger charge is 2.06. The molecule has 19 heavy (non-hydrogen) atoms. The molecule has 1 aromatic rings. The van der Waals surface area contributed by atoms with Crippen molar-refractivity contribution in [1.82, 2.24) is 10.6 Å². The van der Waals surface area contributed by atoms with Gasteiger partial charge in [0, 0.05) is 25.6 Å². The van der Waals surface area contributed by atoms with E-state index in [-0.39, 0.29) is 5.91 Å². The molecule has 2 N–H and O–H groups in total. The van der Waals surface area contributed by atoms with Crippen molar-refractivity contribution >= 4 is 5.91 Å². The van der Waals surface area contributed by atoms with Crippen LogP contribution in [0.15, 0.2) is 30.3 Å². The van der Waals surface area contributed by atoms with Gasteiger partial charge in [0.05, 0.1) is 0 Å². The molecule has 0 heterocycles. The Labute approximate surface area is 116 Å². The average molecular weight is 262 g/mol. The Kier molecular flexibility index (Phi) is 7.19. The van der Waals surface area contributed by atoms with Gasteiger partial charge in [0.1, 0.15) is 0 Å². The fraction of sp³-hybridized carbons (Fsp3) is 0.562. The number of nitrogens with one attached hydrogen (secondary N) is 2. The molecule has 3 heteroatoms. The number of carbonyl (C=O) groups excluding carboxylic acids is 1. The van der Waals surface area contributed by atoms with E-state index < -0.39 is 0 Å². The Morgan fingerprint density at radius 3 is 2.42 bits per heavy atom. The molecular weight excluding hydrogens is 236 g/mol. The van der Waals surface area contributed by atoms with Crippen molar-refractivity contribution in [2.45, 2.75) is 45.6 Å². The van der Waals surface area contributed by atoms with Crippen molar-refractivity contribution in [3.8, 4) is 0 Å². The quantitative estimate of drug-likeness (QED) is 0.756. The van der Waals surface area contributed by atoms with Gasteiger partial charge in [-0.1, -0.05) is 51.1 Å². The minimum atomic E-state index is 0.133. The van der Waals surface area contributed by atoms with Gasteiger partial charge in [-0.3, -0.25) is 4.79 Å². The number of benzene rings is 1. The summed E-state index contributed by atoms with van der Waals surface area (Å²) in [5.74, 6) is 0.615. The zero-order valence-corrected chi connectivity index (χ0v) is 12.3. The third-order valence-electron chi connectivity index (χ3n) is 3.17. The average Bonchev–Trinajstić information content (AvgIpc) is 2.39. The summed E-state index contributed by atoms with van der Waals surface area (Å²) in [5, 5.41) is 6.22. The highest BCUT2D eigenvalue weighted by molar-refractivity contribution is 5.76. The van der Waals surface area contributed by atoms with Crippen LogP contribution in [0.1, 0.15) is 45.1 Å². The van der Waals surface area contributed by atoms with Crippen LogP contribution in [0, 0.1) is 0 Å². The lowest BCUT2D eigenvalue weighted by atomic mass is 9.98. The smallest absolute Gasteiger partial charge is 0.221 e. The lowest BCUT2D eigenvalue weighted by molar-refractivity contribution is -0.121. The maximum atomic E-state index is 11.6. The molecule has 0 aliphatic carbocycles. The first-order valence-corrected chi connectivity index (χ1v) is 7.14. The van der Waals surface area contributed by atoms with E-state index in [0.29, 0.717) is 18.4 Å². The van der Waals surface area contributed by atoms with E-state index >= 15 is 0 Å². The third-order valence-corrected chi connectivity index (χ3v) is 3.17. The molecule has 1 aromatic carbocycles. The first-order chi connectivity index (χ1) is 9.09. The van der Waals surface area contributed by atoms with E-state index in [0.717, 1.165) is 19.5 Å². The standard InChI is InChI=1S/C16H26N2O/c1-13(2)17-12-10-16(19)18-11-9-14(3)15-7-5-4-6-8-15/h4-8,13-14,17H,9-12H2,1-3H3,(H,18,19). The van der Waals surface area contributed by atoms with Crippen LogP contribution >= 0.6 is 0 Å². The second kappa shape index (κ2) is 8.70. The summed E-state index contributed by atoms with van der Waals surface area (Å²) in [6.07, 6.45) is 1.53. The van der Waals surface area contributed by atoms with Crippen molar-refractivity contribution in [2.24, 2.45) is 0 Å². The van der Waals surface area contributed by atoms with E-state index in [4.69, 9.17) is 0 Å². The normalized spacial score (nSPS) is 12.4. The van der Waals surface area contributed by atoms with Crippen LogP contribution < -0.4 is 10.6 Å². The molecule has 0 fully saturated rings. The summed E-state index contributed by atoms with van der Waals surface area (Å²) in [4.78, 5) is 11.6. The van der Waals surface area contributed by atoms with Gasteiger partial charge in [-0.2, -0.15) is 0 Å². The van der Waals surface area contributed by atoms with Gasteiger partial charge in [0.25, 0.3) is 0 Å². The fourth-order valence-electron chi connectivity index (χ4n) is 1.94. The van der Waals surface area contributed by atoms with Crippen LogP contribution in [0.3, 0.4) is 0 Å². The molecule has 0 radical (unpaired) electrons. The van der Waals surface area contributed by atoms with Gasteiger partial charge in [-0.15, -0.1) is 0 Å². The van der Waals surface area contributed by atoms with Gasteiger partial charge in [0.2, 0.25) is 5.91 Å². The van der Waals surface area contributed by atoms with Crippen molar-refractivity contribution in [1.29, 1.82) is 0 Å². The van der Waals surface area contributed by atoms with Crippen molar-refractivity contribution < 1.29 is 4.79 Å². The van der Waals surface area contributed by atoms with E-state index in [2.05, 4.69) is 55.7 Å². The monoisotopic (exact) mass is 262 g/mol. The number of hydrogen-bond donors (Lipinski definition) is 2. The van der Waals surface area contributed by atoms with Gasteiger partial charge in [-0.05, 0) is 17.9 Å². The predicted octanol–water partition coefficient (Wildman–Crippen LogP) is 2.68. The van der Waals surface area contributed by atoms with Crippen molar-refractivity contribution in [3.63, 3.8) is 0 Å². The largest absolute Gasteiger partial charge is 0.356 e. The molecule has 0 aliphatic heterocycles. The Hall–Kier alpha value is -1.35. The van der Waals surface area contributed by atoms with Gasteiger partial charge >= 0.3 is 0 Å². The van der Waals surface area contributed by atoms with Crippen LogP contribution in [0.25, 0.3) is 0 Å². The molecule has 3 nitrogen and oxygen atoms in total. The summed E-state index contributed by atoms with van der Waals surface area (Å²) < 4.78 is 0. The number of amides is 1. The maximum Gasteiger partial charge on any atom is 0.221 e. The maximum absolute atomic E-state index is 11.6. The van der Waals surface area contributed by atoms with Gasteiger partial charge in [0.15, 0.2) is 0 Å². The van der Waals surface area contributed by atoms with Gasteiger partial charge in [-0.25, -0.2) is 0 Å². The number of carbonyl (C=O) groups is 1. The molecule has 0 aromatic heterocycles. The van der Waals surface area contributed by atoms with E-state index in [1.54, 1.807) is 0 Å². The minimum Gasteiger partial charge on any atom is -0.356 e. The molecule has 1 atom stereocenters. The molecule has 0 aliphatic rings. The molecule has 1 amide bonds. The lowest BCUT2D eigenvalue weighted by Gasteiger charge is -2.13. The van der Waals surface area contributed by atoms with Crippen molar-refractivity contribution in [3.05, 3.63) is 35.9 Å². The number of hydrogen-bond acceptors (Lipinski definition) is 2. The second-order valence-electron chi connectivity index (χ2n) is 5.31. The first-order valence-electron chi connectivity index (χ1n) is 7.14. The lowest BCUT2D eigenvalue weighted by Crippen LogP contribution is -2.31. The van der Waals surface area contributed by atoms with Crippen LogP contribution in [0.2, 0.25) is 0 Å². The minimum absolute atomic E-state index is 0.133. The number of rotatable bonds is 8. The zero-order chi connectivity index (χ0) is 14.1. The molecule has 1 unspecified atom stereocenters. The van der Waals surface area contributed by atoms with Gasteiger partial charge < -0.3 is 10.6 Å². The molecule has 1 rings (SSSR count). The first kappa shape index (κ1) is 15.7. The zero-order valence-electron chi connectivity index (χ0n) is 12.3. The highest BCUT2D eigenvalue weighted by Crippen LogP contribution is 2.17. The van der Waals surface area contributed by atoms with E-state index in [1.807, 2.05) is 6.07 Å². The topological polar surface area (TPSA) is 41.1 Å². The molecule has 0 bridgehead atoms. The van der Waals surface area contributed by atoms with E-state index in [9.17, 15) is 4.79 Å². The van der Waals surface area contributed by atoms with Crippen LogP contribution in [0.5, 0.6) is 0 Å². The SMILES string of the molecule is CC(C)NCCC(=O)NCCC(C)c1ccccc1. The molecule has 106 valence electrons. The van der Waals surface area contributed by atoms with Crippen LogP contribution in [0.4, 0.5) is 0 Å². The molecule has 0 saturated carbocycles. The Morgan fingerprint density at radius 1 is 1.11 bits per heavy atom. The Balaban J connectivity index is 2.14. The predicted molar refractivity (Wildman–Crippen MR) is 80.2 cm³/mol. The summed E-state index contributed by atoms with van der Waals surface area (Å²) >= 11 is 0. The third kappa shape index (κ3) is 6.97. The highest BCUT2D eigenvalue weighted by atomic mass is 16.1. The summed E-state index contributed by atoms with van der Waals surface area (Å²) in [6, 6.07) is 10.9. The summed E-state index contributed by atoms with van der Waals surface area (Å²) in [7, 11) is 0. The Morgan fingerprint density at radius 2 is 1.79 bits per heavy atom. The van der Waals surface area contributed by atoms with Crippen molar-refractivity contribution in [2.75, 3.05) is 13.1 Å². The van der Waals surface area contributed by atoms with E-state index in [1.165, 1.54) is 5.56 Å². The molecular formula is C16H26N2O. The second-order valence-corrected chi connectivity index (χ2v) is 5.31. The van der Waals surface area contributed by atoms with Crippen LogP contribution in [-0.4, -0.2) is 25.0 Å². The fourth-order valence-corrected chi connectivity index (χ4v) is 1.94. The Bertz CT molecular complexity index is 362. The molecule has 0 spiro atoms. The summed E-state index contributed by atoms with van der Waals surface area (Å²) in [5.41, 5.74) is 1.33. The summed E-state index contributed by atoms with van der Waals surface area (Å²) in [6.45, 7) is 7.86. The van der Waals surface area contributed by atoms with Crippen LogP contribution in [-0.2, 0) is 4.79 Å². The molecule has 0 saturated heterocycles.